The molecule has 3 nitrogen and oxygen atoms in total. The molecule has 0 spiro atoms. The van der Waals surface area contributed by atoms with Gasteiger partial charge in [-0.05, 0) is 44.0 Å². The molecule has 1 saturated carbocycles. The van der Waals surface area contributed by atoms with Crippen LogP contribution in [0.2, 0.25) is 0 Å². The summed E-state index contributed by atoms with van der Waals surface area (Å²) >= 11 is 5.36. The number of thiocarbonyl (C=S) groups is 1. The summed E-state index contributed by atoms with van der Waals surface area (Å²) in [6.07, 6.45) is 3.71. The number of rotatable bonds is 4. The Balaban J connectivity index is 1.49. The molecular formula is C16H23N3S. The van der Waals surface area contributed by atoms with Gasteiger partial charge in [0.15, 0.2) is 5.11 Å². The molecule has 3 rings (SSSR count). The minimum Gasteiger partial charge on any atom is -0.360 e. The van der Waals surface area contributed by atoms with E-state index in [1.807, 2.05) is 0 Å². The molecule has 4 heteroatoms. The van der Waals surface area contributed by atoms with Crippen molar-refractivity contribution in [3.63, 3.8) is 0 Å². The SMILES string of the molecule is C[C@@H](c1ccccc1)N1CC[C@H](NC(=S)NC2CC2)C1. The van der Waals surface area contributed by atoms with E-state index >= 15 is 0 Å². The van der Waals surface area contributed by atoms with Crippen LogP contribution in [0.1, 0.15) is 37.8 Å². The highest BCUT2D eigenvalue weighted by Crippen LogP contribution is 2.24. The van der Waals surface area contributed by atoms with Gasteiger partial charge < -0.3 is 10.6 Å². The van der Waals surface area contributed by atoms with E-state index in [4.69, 9.17) is 12.2 Å². The van der Waals surface area contributed by atoms with E-state index in [0.29, 0.717) is 18.1 Å². The topological polar surface area (TPSA) is 27.3 Å². The number of likely N-dealkylation sites (tertiary alicyclic amines) is 1. The maximum absolute atomic E-state index is 5.36. The number of nitrogens with zero attached hydrogens (tertiary/aromatic N) is 1. The summed E-state index contributed by atoms with van der Waals surface area (Å²) in [7, 11) is 0. The highest BCUT2D eigenvalue weighted by molar-refractivity contribution is 7.80. The highest BCUT2D eigenvalue weighted by atomic mass is 32.1. The smallest absolute Gasteiger partial charge is 0.166 e. The Bertz CT molecular complexity index is 458. The van der Waals surface area contributed by atoms with E-state index in [9.17, 15) is 0 Å². The maximum Gasteiger partial charge on any atom is 0.166 e. The first-order chi connectivity index (χ1) is 9.72. The monoisotopic (exact) mass is 289 g/mol. The Kier molecular flexibility index (Phi) is 4.22. The summed E-state index contributed by atoms with van der Waals surface area (Å²) in [5.74, 6) is 0. The standard InChI is InChI=1S/C16H23N3S/c1-12(13-5-3-2-4-6-13)19-10-9-15(11-19)18-16(20)17-14-7-8-14/h2-6,12,14-15H,7-11H2,1H3,(H2,17,18,20)/t12-,15-/m0/s1. The molecule has 0 aromatic heterocycles. The van der Waals surface area contributed by atoms with Crippen molar-refractivity contribution in [1.29, 1.82) is 0 Å². The van der Waals surface area contributed by atoms with Crippen molar-refractivity contribution in [3.8, 4) is 0 Å². The van der Waals surface area contributed by atoms with Gasteiger partial charge in [0.1, 0.15) is 0 Å². The molecule has 2 fully saturated rings. The zero-order valence-electron chi connectivity index (χ0n) is 12.0. The molecule has 1 aromatic carbocycles. The van der Waals surface area contributed by atoms with Gasteiger partial charge in [-0.3, -0.25) is 4.90 Å². The van der Waals surface area contributed by atoms with Crippen molar-refractivity contribution in [3.05, 3.63) is 35.9 Å². The highest BCUT2D eigenvalue weighted by Gasteiger charge is 2.28. The maximum atomic E-state index is 5.36. The Labute approximate surface area is 126 Å². The lowest BCUT2D eigenvalue weighted by Gasteiger charge is -2.25. The third kappa shape index (κ3) is 3.49. The molecule has 0 unspecified atom stereocenters. The Morgan fingerprint density at radius 2 is 1.85 bits per heavy atom. The van der Waals surface area contributed by atoms with E-state index < -0.39 is 0 Å². The lowest BCUT2D eigenvalue weighted by Crippen LogP contribution is -2.44. The van der Waals surface area contributed by atoms with Crippen LogP contribution in [0.4, 0.5) is 0 Å². The van der Waals surface area contributed by atoms with Crippen LogP contribution in [0.3, 0.4) is 0 Å². The van der Waals surface area contributed by atoms with Crippen molar-refractivity contribution in [1.82, 2.24) is 15.5 Å². The minimum atomic E-state index is 0.480. The van der Waals surface area contributed by atoms with Crippen molar-refractivity contribution in [2.24, 2.45) is 0 Å². The second kappa shape index (κ2) is 6.10. The van der Waals surface area contributed by atoms with Gasteiger partial charge in [-0.1, -0.05) is 30.3 Å². The van der Waals surface area contributed by atoms with Crippen molar-refractivity contribution in [2.45, 2.75) is 44.3 Å². The van der Waals surface area contributed by atoms with Crippen molar-refractivity contribution >= 4 is 17.3 Å². The zero-order valence-corrected chi connectivity index (χ0v) is 12.8. The van der Waals surface area contributed by atoms with Gasteiger partial charge in [-0.25, -0.2) is 0 Å². The predicted octanol–water partition coefficient (Wildman–Crippen LogP) is 2.45. The summed E-state index contributed by atoms with van der Waals surface area (Å²) < 4.78 is 0. The van der Waals surface area contributed by atoms with Crippen LogP contribution in [0.15, 0.2) is 30.3 Å². The van der Waals surface area contributed by atoms with E-state index in [-0.39, 0.29) is 0 Å². The normalized spacial score (nSPS) is 24.4. The van der Waals surface area contributed by atoms with E-state index in [2.05, 4.69) is 52.8 Å². The summed E-state index contributed by atoms with van der Waals surface area (Å²) in [5, 5.41) is 7.66. The molecule has 0 amide bonds. The van der Waals surface area contributed by atoms with Gasteiger partial charge in [-0.2, -0.15) is 0 Å². The predicted molar refractivity (Wildman–Crippen MR) is 86.7 cm³/mol. The number of hydrogen-bond acceptors (Lipinski definition) is 2. The van der Waals surface area contributed by atoms with Gasteiger partial charge in [0.05, 0.1) is 0 Å². The number of hydrogen-bond donors (Lipinski definition) is 2. The summed E-state index contributed by atoms with van der Waals surface area (Å²) in [6, 6.07) is 12.3. The molecule has 2 atom stereocenters. The van der Waals surface area contributed by atoms with Crippen LogP contribution in [0, 0.1) is 0 Å². The summed E-state index contributed by atoms with van der Waals surface area (Å²) in [6.45, 7) is 4.50. The van der Waals surface area contributed by atoms with E-state index in [1.165, 1.54) is 24.8 Å². The molecule has 0 bridgehead atoms. The van der Waals surface area contributed by atoms with Crippen LogP contribution < -0.4 is 10.6 Å². The molecular weight excluding hydrogens is 266 g/mol. The second-order valence-corrected chi connectivity index (χ2v) is 6.37. The third-order valence-corrected chi connectivity index (χ3v) is 4.53. The largest absolute Gasteiger partial charge is 0.360 e. The van der Waals surface area contributed by atoms with Crippen LogP contribution in [-0.2, 0) is 0 Å². The number of nitrogens with one attached hydrogen (secondary N) is 2. The molecule has 0 radical (unpaired) electrons. The van der Waals surface area contributed by atoms with Crippen LogP contribution in [0.5, 0.6) is 0 Å². The van der Waals surface area contributed by atoms with Crippen LogP contribution in [-0.4, -0.2) is 35.2 Å². The second-order valence-electron chi connectivity index (χ2n) is 5.96. The molecule has 1 aliphatic heterocycles. The van der Waals surface area contributed by atoms with Gasteiger partial charge in [0.2, 0.25) is 0 Å². The Hall–Kier alpha value is -1.13. The fourth-order valence-electron chi connectivity index (χ4n) is 2.84. The quantitative estimate of drug-likeness (QED) is 0.833. The summed E-state index contributed by atoms with van der Waals surface area (Å²) in [4.78, 5) is 2.53. The van der Waals surface area contributed by atoms with E-state index in [1.54, 1.807) is 0 Å². The molecule has 20 heavy (non-hydrogen) atoms. The average Bonchev–Trinajstić information content (AvgIpc) is 3.15. The summed E-state index contributed by atoms with van der Waals surface area (Å²) in [5.41, 5.74) is 1.40. The zero-order chi connectivity index (χ0) is 13.9. The first-order valence-corrected chi connectivity index (χ1v) is 7.99. The van der Waals surface area contributed by atoms with Crippen LogP contribution in [0.25, 0.3) is 0 Å². The fourth-order valence-corrected chi connectivity index (χ4v) is 3.17. The number of benzene rings is 1. The van der Waals surface area contributed by atoms with Crippen molar-refractivity contribution < 1.29 is 0 Å². The molecule has 1 saturated heterocycles. The molecule has 108 valence electrons. The van der Waals surface area contributed by atoms with Gasteiger partial charge in [0, 0.05) is 31.2 Å². The average molecular weight is 289 g/mol. The molecule has 1 aliphatic carbocycles. The minimum absolute atomic E-state index is 0.480. The van der Waals surface area contributed by atoms with Gasteiger partial charge in [-0.15, -0.1) is 0 Å². The molecule has 2 aliphatic rings. The molecule has 1 heterocycles. The van der Waals surface area contributed by atoms with Gasteiger partial charge in [0.25, 0.3) is 0 Å². The van der Waals surface area contributed by atoms with Gasteiger partial charge >= 0.3 is 0 Å². The van der Waals surface area contributed by atoms with Crippen molar-refractivity contribution in [2.75, 3.05) is 13.1 Å². The third-order valence-electron chi connectivity index (χ3n) is 4.30. The molecule has 2 N–H and O–H groups in total. The lowest BCUT2D eigenvalue weighted by molar-refractivity contribution is 0.258. The first kappa shape index (κ1) is 13.8. The fraction of sp³-hybridized carbons (Fsp3) is 0.562. The van der Waals surface area contributed by atoms with E-state index in [0.717, 1.165) is 18.2 Å². The lowest BCUT2D eigenvalue weighted by atomic mass is 10.1. The Morgan fingerprint density at radius 1 is 1.15 bits per heavy atom. The molecule has 1 aromatic rings. The first-order valence-electron chi connectivity index (χ1n) is 7.58. The Morgan fingerprint density at radius 3 is 2.55 bits per heavy atom. The van der Waals surface area contributed by atoms with Crippen LogP contribution >= 0.6 is 12.2 Å².